The second-order valence-electron chi connectivity index (χ2n) is 4.40. The Labute approximate surface area is 119 Å². The smallest absolute Gasteiger partial charge is 0.257 e. The predicted octanol–water partition coefficient (Wildman–Crippen LogP) is 2.39. The van der Waals surface area contributed by atoms with Crippen LogP contribution < -0.4 is 5.73 Å². The molecule has 0 radical (unpaired) electrons. The van der Waals surface area contributed by atoms with E-state index in [0.717, 1.165) is 16.8 Å². The molecule has 6 heteroatoms. The van der Waals surface area contributed by atoms with Gasteiger partial charge in [-0.05, 0) is 28.9 Å². The molecule has 0 aromatic carbocycles. The minimum Gasteiger partial charge on any atom is -0.383 e. The Bertz CT molecular complexity index is 469. The van der Waals surface area contributed by atoms with E-state index in [0.29, 0.717) is 16.6 Å². The van der Waals surface area contributed by atoms with Crippen LogP contribution in [-0.2, 0) is 0 Å². The van der Waals surface area contributed by atoms with Gasteiger partial charge in [0.2, 0.25) is 0 Å². The van der Waals surface area contributed by atoms with Crippen LogP contribution in [0.4, 0.5) is 5.82 Å². The Morgan fingerprint density at radius 2 is 2.33 bits per heavy atom. The maximum atomic E-state index is 12.5. The van der Waals surface area contributed by atoms with Crippen molar-refractivity contribution in [3.63, 3.8) is 0 Å². The highest BCUT2D eigenvalue weighted by atomic mass is 79.9. The molecule has 1 aromatic heterocycles. The van der Waals surface area contributed by atoms with E-state index in [9.17, 15) is 4.79 Å². The highest BCUT2D eigenvalue weighted by molar-refractivity contribution is 9.10. The monoisotopic (exact) mass is 329 g/mol. The molecule has 4 nitrogen and oxygen atoms in total. The van der Waals surface area contributed by atoms with Crippen LogP contribution in [0.5, 0.6) is 0 Å². The number of halogens is 1. The summed E-state index contributed by atoms with van der Waals surface area (Å²) in [6.45, 7) is 4.99. The van der Waals surface area contributed by atoms with E-state index >= 15 is 0 Å². The van der Waals surface area contributed by atoms with Crippen molar-refractivity contribution in [2.75, 3.05) is 18.0 Å². The van der Waals surface area contributed by atoms with Crippen LogP contribution in [0.25, 0.3) is 0 Å². The van der Waals surface area contributed by atoms with Gasteiger partial charge in [-0.15, -0.1) is 0 Å². The number of nitrogens with zero attached hydrogens (tertiary/aromatic N) is 2. The molecule has 1 aliphatic rings. The first kappa shape index (κ1) is 13.7. The summed E-state index contributed by atoms with van der Waals surface area (Å²) in [4.78, 5) is 18.4. The van der Waals surface area contributed by atoms with Gasteiger partial charge in [-0.2, -0.15) is 11.8 Å². The third kappa shape index (κ3) is 2.64. The first-order valence-electron chi connectivity index (χ1n) is 5.84. The van der Waals surface area contributed by atoms with Gasteiger partial charge in [0, 0.05) is 34.3 Å². The summed E-state index contributed by atoms with van der Waals surface area (Å²) in [5, 5.41) is 0.448. The summed E-state index contributed by atoms with van der Waals surface area (Å²) < 4.78 is 0.770. The van der Waals surface area contributed by atoms with E-state index in [1.165, 1.54) is 0 Å². The third-order valence-corrected chi connectivity index (χ3v) is 5.03. The lowest BCUT2D eigenvalue weighted by Gasteiger charge is -2.37. The van der Waals surface area contributed by atoms with Crippen LogP contribution >= 0.6 is 27.7 Å². The summed E-state index contributed by atoms with van der Waals surface area (Å²) >= 11 is 5.22. The molecule has 1 aliphatic heterocycles. The van der Waals surface area contributed by atoms with Crippen LogP contribution in [0.15, 0.2) is 16.7 Å². The lowest BCUT2D eigenvalue weighted by atomic mass is 10.1. The van der Waals surface area contributed by atoms with E-state index in [2.05, 4.69) is 34.8 Å². The number of carbonyl (C=O) groups excluding carboxylic acids is 1. The van der Waals surface area contributed by atoms with Gasteiger partial charge in [-0.3, -0.25) is 4.79 Å². The Kier molecular flexibility index (Phi) is 4.17. The highest BCUT2D eigenvalue weighted by Gasteiger charge is 2.30. The number of hydrogen-bond donors (Lipinski definition) is 1. The average Bonchev–Trinajstić information content (AvgIpc) is 2.35. The summed E-state index contributed by atoms with van der Waals surface area (Å²) in [7, 11) is 0. The Morgan fingerprint density at radius 1 is 1.61 bits per heavy atom. The molecule has 2 unspecified atom stereocenters. The topological polar surface area (TPSA) is 59.2 Å². The van der Waals surface area contributed by atoms with Crippen molar-refractivity contribution in [3.05, 3.63) is 22.3 Å². The van der Waals surface area contributed by atoms with Gasteiger partial charge in [-0.1, -0.05) is 6.92 Å². The molecule has 98 valence electrons. The molecule has 1 fully saturated rings. The first-order valence-corrected chi connectivity index (χ1v) is 7.68. The van der Waals surface area contributed by atoms with Gasteiger partial charge >= 0.3 is 0 Å². The van der Waals surface area contributed by atoms with E-state index in [4.69, 9.17) is 5.73 Å². The van der Waals surface area contributed by atoms with Crippen LogP contribution in [0, 0.1) is 0 Å². The summed E-state index contributed by atoms with van der Waals surface area (Å²) in [5.41, 5.74) is 6.27. The summed E-state index contributed by atoms with van der Waals surface area (Å²) in [5.74, 6) is 1.24. The second kappa shape index (κ2) is 5.48. The number of hydrogen-bond acceptors (Lipinski definition) is 4. The predicted molar refractivity (Wildman–Crippen MR) is 78.8 cm³/mol. The number of aromatic nitrogens is 1. The molecular weight excluding hydrogens is 314 g/mol. The maximum absolute atomic E-state index is 12.5. The van der Waals surface area contributed by atoms with Crippen LogP contribution in [0.2, 0.25) is 0 Å². The van der Waals surface area contributed by atoms with Crippen molar-refractivity contribution in [2.24, 2.45) is 0 Å². The van der Waals surface area contributed by atoms with Crippen molar-refractivity contribution >= 4 is 39.4 Å². The van der Waals surface area contributed by atoms with Crippen molar-refractivity contribution in [1.29, 1.82) is 0 Å². The molecule has 1 aromatic rings. The highest BCUT2D eigenvalue weighted by Crippen LogP contribution is 2.27. The summed E-state index contributed by atoms with van der Waals surface area (Å²) in [6.07, 6.45) is 1.60. The molecule has 2 heterocycles. The van der Waals surface area contributed by atoms with Gasteiger partial charge in [0.15, 0.2) is 0 Å². The number of rotatable bonds is 1. The molecule has 2 N–H and O–H groups in total. The Morgan fingerprint density at radius 3 is 3.06 bits per heavy atom. The zero-order valence-electron chi connectivity index (χ0n) is 10.4. The standard InChI is InChI=1S/C12H16BrN3OS/c1-7-8(2)18-4-3-16(7)12(17)10-5-9(13)6-15-11(10)14/h5-8H,3-4H2,1-2H3,(H2,14,15). The Hall–Kier alpha value is -0.750. The minimum absolute atomic E-state index is 0.0269. The number of thioether (sulfide) groups is 1. The average molecular weight is 330 g/mol. The fourth-order valence-electron chi connectivity index (χ4n) is 2.00. The third-order valence-electron chi connectivity index (χ3n) is 3.26. The zero-order valence-corrected chi connectivity index (χ0v) is 12.8. The number of pyridine rings is 1. The molecule has 0 bridgehead atoms. The SMILES string of the molecule is CC1SCCN(C(=O)c2cc(Br)cnc2N)C1C. The first-order chi connectivity index (χ1) is 8.50. The molecule has 1 amide bonds. The molecule has 18 heavy (non-hydrogen) atoms. The van der Waals surface area contributed by atoms with Crippen LogP contribution in [0.1, 0.15) is 24.2 Å². The summed E-state index contributed by atoms with van der Waals surface area (Å²) in [6, 6.07) is 1.96. The number of carbonyl (C=O) groups is 1. The lowest BCUT2D eigenvalue weighted by molar-refractivity contribution is 0.0699. The quantitative estimate of drug-likeness (QED) is 0.859. The van der Waals surface area contributed by atoms with E-state index in [-0.39, 0.29) is 11.9 Å². The molecule has 2 atom stereocenters. The normalized spacial score (nSPS) is 24.1. The van der Waals surface area contributed by atoms with E-state index in [1.807, 2.05) is 16.7 Å². The van der Waals surface area contributed by atoms with Crippen molar-refractivity contribution < 1.29 is 4.79 Å². The van der Waals surface area contributed by atoms with Crippen LogP contribution in [-0.4, -0.2) is 39.4 Å². The minimum atomic E-state index is -0.0269. The fraction of sp³-hybridized carbons (Fsp3) is 0.500. The van der Waals surface area contributed by atoms with Gasteiger partial charge < -0.3 is 10.6 Å². The van der Waals surface area contributed by atoms with E-state index < -0.39 is 0 Å². The molecule has 0 aliphatic carbocycles. The van der Waals surface area contributed by atoms with E-state index in [1.54, 1.807) is 12.3 Å². The molecular formula is C12H16BrN3OS. The fourth-order valence-corrected chi connectivity index (χ4v) is 3.43. The van der Waals surface area contributed by atoms with Gasteiger partial charge in [0.05, 0.1) is 5.56 Å². The molecule has 2 rings (SSSR count). The van der Waals surface area contributed by atoms with Crippen molar-refractivity contribution in [1.82, 2.24) is 9.88 Å². The number of nitrogen functional groups attached to an aromatic ring is 1. The van der Waals surface area contributed by atoms with Crippen molar-refractivity contribution in [3.8, 4) is 0 Å². The number of anilines is 1. The van der Waals surface area contributed by atoms with Crippen molar-refractivity contribution in [2.45, 2.75) is 25.1 Å². The largest absolute Gasteiger partial charge is 0.383 e. The zero-order chi connectivity index (χ0) is 13.3. The second-order valence-corrected chi connectivity index (χ2v) is 6.80. The maximum Gasteiger partial charge on any atom is 0.257 e. The number of amides is 1. The van der Waals surface area contributed by atoms with Gasteiger partial charge in [0.25, 0.3) is 5.91 Å². The Balaban J connectivity index is 2.27. The number of nitrogens with two attached hydrogens (primary N) is 1. The molecule has 0 spiro atoms. The molecule has 0 saturated carbocycles. The van der Waals surface area contributed by atoms with Gasteiger partial charge in [0.1, 0.15) is 5.82 Å². The van der Waals surface area contributed by atoms with Gasteiger partial charge in [-0.25, -0.2) is 4.98 Å². The molecule has 1 saturated heterocycles. The lowest BCUT2D eigenvalue weighted by Crippen LogP contribution is -2.48. The van der Waals surface area contributed by atoms with Crippen LogP contribution in [0.3, 0.4) is 0 Å².